The van der Waals surface area contributed by atoms with Gasteiger partial charge in [-0.15, -0.1) is 0 Å². The van der Waals surface area contributed by atoms with Crippen LogP contribution in [0.4, 0.5) is 4.79 Å². The lowest BCUT2D eigenvalue weighted by atomic mass is 10.1. The molecule has 1 aliphatic rings. The standard InChI is InChI=1S/C20H19IN2O4/c1-3-23-19(24)16(22-20(23)25)10-14-9-15(21)18(17(11-14)26-2)27-12-13-7-5-4-6-8-13/h4-11H,3,12H2,1-2H3,(H,22,25)/b16-10+. The average molecular weight is 478 g/mol. The Kier molecular flexibility index (Phi) is 6.00. The van der Waals surface area contributed by atoms with Gasteiger partial charge in [0.25, 0.3) is 5.91 Å². The third-order valence-electron chi connectivity index (χ3n) is 4.07. The van der Waals surface area contributed by atoms with Crippen molar-refractivity contribution in [3.8, 4) is 11.5 Å². The van der Waals surface area contributed by atoms with E-state index < -0.39 is 6.03 Å². The Morgan fingerprint density at radius 3 is 2.56 bits per heavy atom. The minimum absolute atomic E-state index is 0.248. The van der Waals surface area contributed by atoms with Gasteiger partial charge >= 0.3 is 6.03 Å². The van der Waals surface area contributed by atoms with Crippen LogP contribution in [0.1, 0.15) is 18.1 Å². The van der Waals surface area contributed by atoms with Gasteiger partial charge in [0.2, 0.25) is 0 Å². The van der Waals surface area contributed by atoms with Crippen molar-refractivity contribution in [1.82, 2.24) is 10.2 Å². The van der Waals surface area contributed by atoms with E-state index in [2.05, 4.69) is 27.9 Å². The fourth-order valence-corrected chi connectivity index (χ4v) is 3.50. The van der Waals surface area contributed by atoms with Gasteiger partial charge in [-0.05, 0) is 58.9 Å². The topological polar surface area (TPSA) is 67.9 Å². The molecule has 27 heavy (non-hydrogen) atoms. The number of methoxy groups -OCH3 is 1. The van der Waals surface area contributed by atoms with Crippen molar-refractivity contribution < 1.29 is 19.1 Å². The summed E-state index contributed by atoms with van der Waals surface area (Å²) in [7, 11) is 1.57. The summed E-state index contributed by atoms with van der Waals surface area (Å²) in [6.07, 6.45) is 1.64. The zero-order chi connectivity index (χ0) is 19.4. The molecule has 2 aromatic rings. The second-order valence-corrected chi connectivity index (χ2v) is 7.01. The van der Waals surface area contributed by atoms with Crippen LogP contribution in [0.25, 0.3) is 6.08 Å². The maximum atomic E-state index is 12.2. The SMILES string of the molecule is CCN1C(=O)N/C(=C/c2cc(I)c(OCc3ccccc3)c(OC)c2)C1=O. The first kappa shape index (κ1) is 19.2. The van der Waals surface area contributed by atoms with Gasteiger partial charge in [0.15, 0.2) is 11.5 Å². The first-order valence-corrected chi connectivity index (χ1v) is 9.50. The van der Waals surface area contributed by atoms with Crippen molar-refractivity contribution in [3.05, 3.63) is 62.9 Å². The molecule has 1 aliphatic heterocycles. The molecular formula is C20H19IN2O4. The van der Waals surface area contributed by atoms with Crippen LogP contribution in [-0.2, 0) is 11.4 Å². The number of likely N-dealkylation sites (N-methyl/N-ethyl adjacent to an activating group) is 1. The predicted molar refractivity (Wildman–Crippen MR) is 110 cm³/mol. The van der Waals surface area contributed by atoms with Crippen LogP contribution in [0.5, 0.6) is 11.5 Å². The summed E-state index contributed by atoms with van der Waals surface area (Å²) < 4.78 is 12.3. The molecule has 0 unspecified atom stereocenters. The summed E-state index contributed by atoms with van der Waals surface area (Å²) in [4.78, 5) is 25.2. The molecule has 0 radical (unpaired) electrons. The van der Waals surface area contributed by atoms with Crippen molar-refractivity contribution in [1.29, 1.82) is 0 Å². The molecule has 7 heteroatoms. The number of hydrogen-bond acceptors (Lipinski definition) is 4. The van der Waals surface area contributed by atoms with Gasteiger partial charge in [0.1, 0.15) is 12.3 Å². The molecule has 1 heterocycles. The van der Waals surface area contributed by atoms with Crippen molar-refractivity contribution in [2.24, 2.45) is 0 Å². The van der Waals surface area contributed by atoms with Crippen LogP contribution in [0.2, 0.25) is 0 Å². The first-order chi connectivity index (χ1) is 13.0. The van der Waals surface area contributed by atoms with E-state index in [0.29, 0.717) is 24.7 Å². The number of halogens is 1. The lowest BCUT2D eigenvalue weighted by molar-refractivity contribution is -0.122. The highest BCUT2D eigenvalue weighted by Crippen LogP contribution is 2.35. The predicted octanol–water partition coefficient (Wildman–Crippen LogP) is 3.79. The van der Waals surface area contributed by atoms with E-state index in [-0.39, 0.29) is 11.6 Å². The zero-order valence-corrected chi connectivity index (χ0v) is 17.1. The number of benzene rings is 2. The van der Waals surface area contributed by atoms with Crippen LogP contribution in [0.15, 0.2) is 48.2 Å². The maximum Gasteiger partial charge on any atom is 0.328 e. The van der Waals surface area contributed by atoms with Gasteiger partial charge in [0, 0.05) is 6.54 Å². The van der Waals surface area contributed by atoms with E-state index in [1.54, 1.807) is 26.2 Å². The molecule has 0 spiro atoms. The summed E-state index contributed by atoms with van der Waals surface area (Å²) in [6, 6.07) is 13.1. The van der Waals surface area contributed by atoms with Crippen molar-refractivity contribution >= 4 is 40.6 Å². The molecule has 140 valence electrons. The third kappa shape index (κ3) is 4.24. The minimum Gasteiger partial charge on any atom is -0.493 e. The number of carbonyl (C=O) groups is 2. The summed E-state index contributed by atoms with van der Waals surface area (Å²) >= 11 is 2.17. The number of ether oxygens (including phenoxy) is 2. The highest BCUT2D eigenvalue weighted by molar-refractivity contribution is 14.1. The first-order valence-electron chi connectivity index (χ1n) is 8.42. The third-order valence-corrected chi connectivity index (χ3v) is 4.87. The minimum atomic E-state index is -0.404. The smallest absolute Gasteiger partial charge is 0.328 e. The van der Waals surface area contributed by atoms with Crippen LogP contribution in [-0.4, -0.2) is 30.5 Å². The van der Waals surface area contributed by atoms with Crippen LogP contribution >= 0.6 is 22.6 Å². The molecule has 0 saturated carbocycles. The molecule has 2 aromatic carbocycles. The Balaban J connectivity index is 1.85. The fraction of sp³-hybridized carbons (Fsp3) is 0.200. The zero-order valence-electron chi connectivity index (χ0n) is 15.0. The highest BCUT2D eigenvalue weighted by Gasteiger charge is 2.32. The van der Waals surface area contributed by atoms with Crippen molar-refractivity contribution in [3.63, 3.8) is 0 Å². The van der Waals surface area contributed by atoms with E-state index in [4.69, 9.17) is 9.47 Å². The number of nitrogens with zero attached hydrogens (tertiary/aromatic N) is 1. The number of imide groups is 1. The molecule has 0 aliphatic carbocycles. The van der Waals surface area contributed by atoms with Crippen LogP contribution in [0, 0.1) is 3.57 Å². The molecule has 1 saturated heterocycles. The van der Waals surface area contributed by atoms with Crippen LogP contribution in [0.3, 0.4) is 0 Å². The van der Waals surface area contributed by atoms with E-state index in [9.17, 15) is 9.59 Å². The molecule has 1 N–H and O–H groups in total. The fourth-order valence-electron chi connectivity index (χ4n) is 2.72. The van der Waals surface area contributed by atoms with E-state index in [1.807, 2.05) is 36.4 Å². The number of carbonyl (C=O) groups excluding carboxylic acids is 2. The van der Waals surface area contributed by atoms with Crippen molar-refractivity contribution in [2.45, 2.75) is 13.5 Å². The second kappa shape index (κ2) is 8.43. The molecular weight excluding hydrogens is 459 g/mol. The van der Waals surface area contributed by atoms with E-state index >= 15 is 0 Å². The Labute approximate surface area is 171 Å². The normalized spacial score (nSPS) is 15.2. The highest BCUT2D eigenvalue weighted by atomic mass is 127. The Morgan fingerprint density at radius 1 is 1.19 bits per heavy atom. The molecule has 6 nitrogen and oxygen atoms in total. The lowest BCUT2D eigenvalue weighted by Crippen LogP contribution is -2.30. The van der Waals surface area contributed by atoms with Gasteiger partial charge in [0.05, 0.1) is 10.7 Å². The Hall–Kier alpha value is -2.55. The molecule has 0 aromatic heterocycles. The van der Waals surface area contributed by atoms with E-state index in [1.165, 1.54) is 0 Å². The second-order valence-electron chi connectivity index (χ2n) is 5.85. The lowest BCUT2D eigenvalue weighted by Gasteiger charge is -2.14. The van der Waals surface area contributed by atoms with Gasteiger partial charge in [-0.2, -0.15) is 0 Å². The quantitative estimate of drug-likeness (QED) is 0.390. The summed E-state index contributed by atoms with van der Waals surface area (Å²) in [5, 5.41) is 2.60. The molecule has 3 amide bonds. The maximum absolute atomic E-state index is 12.2. The summed E-state index contributed by atoms with van der Waals surface area (Å²) in [6.45, 7) is 2.51. The van der Waals surface area contributed by atoms with Gasteiger partial charge < -0.3 is 14.8 Å². The molecule has 1 fully saturated rings. The molecule has 3 rings (SSSR count). The monoisotopic (exact) mass is 478 g/mol. The van der Waals surface area contributed by atoms with E-state index in [0.717, 1.165) is 19.6 Å². The Morgan fingerprint density at radius 2 is 1.93 bits per heavy atom. The Bertz CT molecular complexity index is 896. The van der Waals surface area contributed by atoms with Crippen LogP contribution < -0.4 is 14.8 Å². The molecule has 0 atom stereocenters. The van der Waals surface area contributed by atoms with Gasteiger partial charge in [-0.1, -0.05) is 30.3 Å². The molecule has 0 bridgehead atoms. The average Bonchev–Trinajstić information content (AvgIpc) is 2.93. The largest absolute Gasteiger partial charge is 0.493 e. The summed E-state index contributed by atoms with van der Waals surface area (Å²) in [5.41, 5.74) is 2.04. The number of rotatable bonds is 6. The van der Waals surface area contributed by atoms with Gasteiger partial charge in [-0.3, -0.25) is 9.69 Å². The number of hydrogen-bond donors (Lipinski definition) is 1. The number of urea groups is 1. The summed E-state index contributed by atoms with van der Waals surface area (Å²) in [5.74, 6) is 0.871. The van der Waals surface area contributed by atoms with Crippen molar-refractivity contribution in [2.75, 3.05) is 13.7 Å². The number of amides is 3. The number of nitrogens with one attached hydrogen (secondary N) is 1. The van der Waals surface area contributed by atoms with Gasteiger partial charge in [-0.25, -0.2) is 4.79 Å².